The Bertz CT molecular complexity index is 614. The van der Waals surface area contributed by atoms with E-state index in [0.29, 0.717) is 11.5 Å². The van der Waals surface area contributed by atoms with Gasteiger partial charge in [-0.15, -0.1) is 0 Å². The molecule has 0 radical (unpaired) electrons. The summed E-state index contributed by atoms with van der Waals surface area (Å²) in [5, 5.41) is 4.41. The summed E-state index contributed by atoms with van der Waals surface area (Å²) in [6.07, 6.45) is 3.52. The molecular formula is C11H13IN4O2S. The topological polar surface area (TPSA) is 80.9 Å². The predicted molar refractivity (Wildman–Crippen MR) is 80.8 cm³/mol. The van der Waals surface area contributed by atoms with Crippen LogP contribution in [0.4, 0.5) is 0 Å². The van der Waals surface area contributed by atoms with Crippen molar-refractivity contribution in [2.75, 3.05) is 0 Å². The largest absolute Gasteiger partial charge is 0.306 e. The van der Waals surface area contributed by atoms with Crippen LogP contribution in [-0.2, 0) is 16.8 Å². The molecule has 1 unspecified atom stereocenters. The Kier molecular flexibility index (Phi) is 4.63. The predicted octanol–water partition coefficient (Wildman–Crippen LogP) is 2.25. The van der Waals surface area contributed by atoms with Gasteiger partial charge in [-0.1, -0.05) is 0 Å². The van der Waals surface area contributed by atoms with Crippen LogP contribution in [0.15, 0.2) is 18.5 Å². The van der Waals surface area contributed by atoms with Gasteiger partial charge in [0.15, 0.2) is 11.1 Å². The third kappa shape index (κ3) is 3.57. The Balaban J connectivity index is 2.38. The van der Waals surface area contributed by atoms with Crippen molar-refractivity contribution >= 4 is 33.7 Å². The Hall–Kier alpha value is -0.870. The standard InChI is InChI=1S/C11H13IN4O2S/c1-7(2)16-5-8(11(12)15-16)9-3-4-13-10(14-9)6-19(17)18/h3-5,7H,6H2,1-2H3,(H,17,18). The first-order valence-corrected chi connectivity index (χ1v) is 7.97. The van der Waals surface area contributed by atoms with E-state index in [4.69, 9.17) is 4.55 Å². The molecule has 2 aromatic heterocycles. The van der Waals surface area contributed by atoms with Crippen LogP contribution >= 0.6 is 22.6 Å². The van der Waals surface area contributed by atoms with Crippen LogP contribution in [-0.4, -0.2) is 28.5 Å². The summed E-state index contributed by atoms with van der Waals surface area (Å²) in [5.74, 6) is 0.286. The van der Waals surface area contributed by atoms with Crippen molar-refractivity contribution in [1.82, 2.24) is 19.7 Å². The first-order valence-electron chi connectivity index (χ1n) is 5.61. The Morgan fingerprint density at radius 2 is 2.26 bits per heavy atom. The number of aromatic nitrogens is 4. The van der Waals surface area contributed by atoms with Crippen molar-refractivity contribution in [1.29, 1.82) is 0 Å². The molecule has 19 heavy (non-hydrogen) atoms. The van der Waals surface area contributed by atoms with Gasteiger partial charge in [-0.3, -0.25) is 4.68 Å². The smallest absolute Gasteiger partial charge is 0.160 e. The molecule has 2 aromatic rings. The van der Waals surface area contributed by atoms with Crippen LogP contribution < -0.4 is 0 Å². The highest BCUT2D eigenvalue weighted by Crippen LogP contribution is 2.23. The maximum Gasteiger partial charge on any atom is 0.160 e. The highest BCUT2D eigenvalue weighted by molar-refractivity contribution is 14.1. The number of hydrogen-bond donors (Lipinski definition) is 1. The fourth-order valence-electron chi connectivity index (χ4n) is 1.54. The Morgan fingerprint density at radius 3 is 2.84 bits per heavy atom. The Morgan fingerprint density at radius 1 is 1.53 bits per heavy atom. The summed E-state index contributed by atoms with van der Waals surface area (Å²) in [4.78, 5) is 8.28. The van der Waals surface area contributed by atoms with E-state index in [0.717, 1.165) is 9.26 Å². The summed E-state index contributed by atoms with van der Waals surface area (Å²) in [6.45, 7) is 4.10. The van der Waals surface area contributed by atoms with Gasteiger partial charge in [0.1, 0.15) is 15.3 Å². The molecule has 0 aromatic carbocycles. The molecule has 0 spiro atoms. The zero-order valence-corrected chi connectivity index (χ0v) is 13.4. The molecule has 0 aliphatic rings. The van der Waals surface area contributed by atoms with Gasteiger partial charge in [-0.05, 0) is 42.5 Å². The van der Waals surface area contributed by atoms with Gasteiger partial charge in [0.05, 0.1) is 11.3 Å². The average molecular weight is 392 g/mol. The highest BCUT2D eigenvalue weighted by atomic mass is 127. The molecule has 102 valence electrons. The number of rotatable bonds is 4. The van der Waals surface area contributed by atoms with Gasteiger partial charge in [0.2, 0.25) is 0 Å². The quantitative estimate of drug-likeness (QED) is 0.638. The van der Waals surface area contributed by atoms with Crippen molar-refractivity contribution in [2.24, 2.45) is 0 Å². The van der Waals surface area contributed by atoms with E-state index < -0.39 is 11.1 Å². The van der Waals surface area contributed by atoms with Crippen LogP contribution in [0.2, 0.25) is 0 Å². The zero-order valence-electron chi connectivity index (χ0n) is 10.4. The summed E-state index contributed by atoms with van der Waals surface area (Å²) in [6, 6.07) is 2.04. The van der Waals surface area contributed by atoms with E-state index in [1.807, 2.05) is 24.7 Å². The molecule has 2 heterocycles. The minimum absolute atomic E-state index is 0.0667. The van der Waals surface area contributed by atoms with Crippen LogP contribution in [0.25, 0.3) is 11.3 Å². The van der Waals surface area contributed by atoms with Crippen LogP contribution in [0.1, 0.15) is 25.7 Å². The third-order valence-electron chi connectivity index (χ3n) is 2.45. The number of nitrogens with zero attached hydrogens (tertiary/aromatic N) is 4. The minimum Gasteiger partial charge on any atom is -0.306 e. The normalized spacial score (nSPS) is 12.9. The van der Waals surface area contributed by atoms with Crippen molar-refractivity contribution in [2.45, 2.75) is 25.6 Å². The molecule has 0 saturated carbocycles. The SMILES string of the molecule is CC(C)n1cc(-c2ccnc(CS(=O)O)n2)c(I)n1. The first-order chi connectivity index (χ1) is 8.97. The van der Waals surface area contributed by atoms with Gasteiger partial charge < -0.3 is 4.55 Å². The fourth-order valence-corrected chi connectivity index (χ4v) is 2.56. The Labute approximate surface area is 127 Å². The minimum atomic E-state index is -1.94. The van der Waals surface area contributed by atoms with E-state index in [9.17, 15) is 4.21 Å². The summed E-state index contributed by atoms with van der Waals surface area (Å²) >= 11 is 0.217. The zero-order chi connectivity index (χ0) is 14.0. The lowest BCUT2D eigenvalue weighted by molar-refractivity contribution is 0.529. The molecule has 1 N–H and O–H groups in total. The van der Waals surface area contributed by atoms with E-state index in [2.05, 4.69) is 37.7 Å². The van der Waals surface area contributed by atoms with Crippen molar-refractivity contribution in [3.8, 4) is 11.3 Å². The van der Waals surface area contributed by atoms with Gasteiger partial charge >= 0.3 is 0 Å². The third-order valence-corrected chi connectivity index (χ3v) is 3.75. The maximum absolute atomic E-state index is 10.8. The van der Waals surface area contributed by atoms with Crippen LogP contribution in [0, 0.1) is 3.70 Å². The van der Waals surface area contributed by atoms with E-state index >= 15 is 0 Å². The molecule has 0 bridgehead atoms. The lowest BCUT2D eigenvalue weighted by Crippen LogP contribution is -2.01. The van der Waals surface area contributed by atoms with Gasteiger partial charge in [0, 0.05) is 18.4 Å². The lowest BCUT2D eigenvalue weighted by Gasteiger charge is -2.03. The van der Waals surface area contributed by atoms with Crippen LogP contribution in [0.3, 0.4) is 0 Å². The highest BCUT2D eigenvalue weighted by Gasteiger charge is 2.12. The molecule has 0 aliphatic carbocycles. The molecular weight excluding hydrogens is 379 g/mol. The second-order valence-electron chi connectivity index (χ2n) is 4.23. The van der Waals surface area contributed by atoms with E-state index in [1.54, 1.807) is 12.3 Å². The van der Waals surface area contributed by atoms with Crippen molar-refractivity contribution < 1.29 is 8.76 Å². The molecule has 2 rings (SSSR count). The van der Waals surface area contributed by atoms with Crippen LogP contribution in [0.5, 0.6) is 0 Å². The number of hydrogen-bond acceptors (Lipinski definition) is 4. The molecule has 1 atom stereocenters. The second kappa shape index (κ2) is 6.06. The van der Waals surface area contributed by atoms with Gasteiger partial charge in [-0.25, -0.2) is 14.2 Å². The monoisotopic (exact) mass is 392 g/mol. The number of halogens is 1. The first kappa shape index (κ1) is 14.5. The summed E-state index contributed by atoms with van der Waals surface area (Å²) < 4.78 is 22.4. The lowest BCUT2D eigenvalue weighted by atomic mass is 10.2. The fraction of sp³-hybridized carbons (Fsp3) is 0.364. The molecule has 8 heteroatoms. The average Bonchev–Trinajstić information content (AvgIpc) is 2.71. The van der Waals surface area contributed by atoms with Crippen molar-refractivity contribution in [3.05, 3.63) is 28.0 Å². The van der Waals surface area contributed by atoms with E-state index in [1.165, 1.54) is 0 Å². The molecule has 0 aliphatic heterocycles. The van der Waals surface area contributed by atoms with Crippen molar-refractivity contribution in [3.63, 3.8) is 0 Å². The molecule has 0 saturated heterocycles. The maximum atomic E-state index is 10.8. The molecule has 6 nitrogen and oxygen atoms in total. The molecule has 0 amide bonds. The summed E-state index contributed by atoms with van der Waals surface area (Å²) in [5.41, 5.74) is 1.62. The van der Waals surface area contributed by atoms with Gasteiger partial charge in [0.25, 0.3) is 0 Å². The van der Waals surface area contributed by atoms with Gasteiger partial charge in [-0.2, -0.15) is 5.10 Å². The summed E-state index contributed by atoms with van der Waals surface area (Å²) in [7, 11) is 0. The second-order valence-corrected chi connectivity index (χ2v) is 6.18. The van der Waals surface area contributed by atoms with E-state index in [-0.39, 0.29) is 11.8 Å². The molecule has 0 fully saturated rings.